The van der Waals surface area contributed by atoms with E-state index in [1.54, 1.807) is 12.1 Å². The summed E-state index contributed by atoms with van der Waals surface area (Å²) in [6.45, 7) is 3.35. The lowest BCUT2D eigenvalue weighted by molar-refractivity contribution is -0.115. The topological polar surface area (TPSA) is 63.2 Å². The second-order valence-electron chi connectivity index (χ2n) is 4.12. The van der Waals surface area contributed by atoms with Crippen LogP contribution in [0.4, 0.5) is 5.69 Å². The third-order valence-electron chi connectivity index (χ3n) is 2.72. The number of hydrogen-bond donors (Lipinski definition) is 1. The average Bonchev–Trinajstić information content (AvgIpc) is 2.29. The molecule has 0 radical (unpaired) electrons. The number of nitrogens with one attached hydrogen (secondary N) is 1. The molecule has 1 aromatic rings. The predicted molar refractivity (Wildman–Crippen MR) is 76.5 cm³/mol. The lowest BCUT2D eigenvalue weighted by atomic mass is 10.1. The molecule has 0 fully saturated rings. The summed E-state index contributed by atoms with van der Waals surface area (Å²) in [5.41, 5.74) is 1.61. The van der Waals surface area contributed by atoms with Crippen LogP contribution < -0.4 is 5.32 Å². The van der Waals surface area contributed by atoms with Gasteiger partial charge in [0.1, 0.15) is 5.25 Å². The molecule has 1 N–H and O–H groups in total. The molecule has 1 atom stereocenters. The Balaban J connectivity index is 2.95. The summed E-state index contributed by atoms with van der Waals surface area (Å²) in [5, 5.41) is 1.61. The average molecular weight is 334 g/mol. The van der Waals surface area contributed by atoms with Crippen molar-refractivity contribution in [2.45, 2.75) is 25.5 Å². The molecule has 0 aliphatic carbocycles. The van der Waals surface area contributed by atoms with Crippen LogP contribution in [-0.4, -0.2) is 25.8 Å². The van der Waals surface area contributed by atoms with Gasteiger partial charge in [-0.1, -0.05) is 22.9 Å². The van der Waals surface area contributed by atoms with E-state index in [0.717, 1.165) is 22.7 Å². The quantitative estimate of drug-likeness (QED) is 0.920. The molecule has 0 aliphatic rings. The number of rotatable bonds is 4. The van der Waals surface area contributed by atoms with Crippen molar-refractivity contribution in [3.63, 3.8) is 0 Å². The Hall–Kier alpha value is -0.880. The van der Waals surface area contributed by atoms with E-state index in [1.165, 1.54) is 6.92 Å². The molecule has 0 saturated heterocycles. The Morgan fingerprint density at radius 2 is 2.06 bits per heavy atom. The number of halogens is 1. The van der Waals surface area contributed by atoms with Crippen molar-refractivity contribution in [3.05, 3.63) is 28.2 Å². The molecule has 1 rings (SSSR count). The van der Waals surface area contributed by atoms with Crippen molar-refractivity contribution < 1.29 is 13.2 Å². The largest absolute Gasteiger partial charge is 0.325 e. The van der Waals surface area contributed by atoms with E-state index in [0.29, 0.717) is 5.69 Å². The maximum atomic E-state index is 11.8. The van der Waals surface area contributed by atoms with E-state index in [-0.39, 0.29) is 0 Å². The predicted octanol–water partition coefficient (Wildman–Crippen LogP) is 2.38. The van der Waals surface area contributed by atoms with E-state index in [2.05, 4.69) is 21.2 Å². The van der Waals surface area contributed by atoms with Crippen LogP contribution in [-0.2, 0) is 21.1 Å². The van der Waals surface area contributed by atoms with Crippen LogP contribution in [0.1, 0.15) is 19.4 Å². The number of carbonyl (C=O) groups excluding carboxylic acids is 1. The first kappa shape index (κ1) is 15.2. The van der Waals surface area contributed by atoms with E-state index in [9.17, 15) is 13.2 Å². The minimum absolute atomic E-state index is 0.505. The second kappa shape index (κ2) is 5.84. The van der Waals surface area contributed by atoms with E-state index >= 15 is 0 Å². The summed E-state index contributed by atoms with van der Waals surface area (Å²) in [4.78, 5) is 11.8. The molecule has 0 saturated carbocycles. The minimum Gasteiger partial charge on any atom is -0.325 e. The fourth-order valence-electron chi connectivity index (χ4n) is 1.41. The summed E-state index contributed by atoms with van der Waals surface area (Å²) in [5.74, 6) is -0.505. The van der Waals surface area contributed by atoms with Gasteiger partial charge in [0.25, 0.3) is 0 Å². The van der Waals surface area contributed by atoms with Gasteiger partial charge < -0.3 is 5.32 Å². The van der Waals surface area contributed by atoms with Crippen LogP contribution in [0.2, 0.25) is 0 Å². The van der Waals surface area contributed by atoms with Crippen molar-refractivity contribution in [3.8, 4) is 0 Å². The first-order valence-electron chi connectivity index (χ1n) is 5.54. The van der Waals surface area contributed by atoms with Gasteiger partial charge in [0, 0.05) is 16.4 Å². The van der Waals surface area contributed by atoms with Gasteiger partial charge in [-0.15, -0.1) is 0 Å². The number of amides is 1. The summed E-state index contributed by atoms with van der Waals surface area (Å²) < 4.78 is 23.5. The minimum atomic E-state index is -3.37. The van der Waals surface area contributed by atoms with Gasteiger partial charge in [-0.25, -0.2) is 8.42 Å². The Bertz CT molecular complexity index is 554. The first-order valence-corrected chi connectivity index (χ1v) is 8.28. The number of sulfone groups is 1. The Labute approximate surface area is 116 Å². The lowest BCUT2D eigenvalue weighted by Gasteiger charge is -2.13. The maximum Gasteiger partial charge on any atom is 0.242 e. The highest BCUT2D eigenvalue weighted by Gasteiger charge is 2.23. The maximum absolute atomic E-state index is 11.8. The number of benzene rings is 1. The van der Waals surface area contributed by atoms with Crippen molar-refractivity contribution in [2.24, 2.45) is 0 Å². The van der Waals surface area contributed by atoms with Crippen LogP contribution in [0.25, 0.3) is 0 Å². The van der Waals surface area contributed by atoms with Gasteiger partial charge in [0.2, 0.25) is 5.91 Å². The summed E-state index contributed by atoms with van der Waals surface area (Å²) in [6, 6.07) is 5.47. The standard InChI is InChI=1S/C12H16BrNO3S/c1-4-9-7-10(13)5-6-11(9)14-12(15)8(2)18(3,16)17/h5-8H,4H2,1-3H3,(H,14,15). The third kappa shape index (κ3) is 3.81. The van der Waals surface area contributed by atoms with Crippen molar-refractivity contribution in [2.75, 3.05) is 11.6 Å². The zero-order valence-electron chi connectivity index (χ0n) is 10.5. The summed E-state index contributed by atoms with van der Waals surface area (Å²) in [6.07, 6.45) is 1.81. The van der Waals surface area contributed by atoms with Gasteiger partial charge in [0.05, 0.1) is 0 Å². The smallest absolute Gasteiger partial charge is 0.242 e. The zero-order chi connectivity index (χ0) is 13.9. The van der Waals surface area contributed by atoms with E-state index < -0.39 is 21.0 Å². The van der Waals surface area contributed by atoms with Gasteiger partial charge in [-0.2, -0.15) is 0 Å². The molecule has 18 heavy (non-hydrogen) atoms. The number of aryl methyl sites for hydroxylation is 1. The Morgan fingerprint density at radius 1 is 1.44 bits per heavy atom. The van der Waals surface area contributed by atoms with Crippen LogP contribution in [0, 0.1) is 0 Å². The molecule has 0 heterocycles. The highest BCUT2D eigenvalue weighted by atomic mass is 79.9. The van der Waals surface area contributed by atoms with Gasteiger partial charge >= 0.3 is 0 Å². The molecular weight excluding hydrogens is 318 g/mol. The summed E-state index contributed by atoms with van der Waals surface area (Å²) in [7, 11) is -3.37. The highest BCUT2D eigenvalue weighted by Crippen LogP contribution is 2.22. The molecule has 100 valence electrons. The molecule has 0 bridgehead atoms. The number of anilines is 1. The van der Waals surface area contributed by atoms with Gasteiger partial charge in [0.15, 0.2) is 9.84 Å². The molecule has 6 heteroatoms. The van der Waals surface area contributed by atoms with E-state index in [1.807, 2.05) is 13.0 Å². The number of carbonyl (C=O) groups is 1. The summed E-state index contributed by atoms with van der Waals surface area (Å²) >= 11 is 3.36. The Kier molecular flexibility index (Phi) is 4.92. The molecule has 1 amide bonds. The van der Waals surface area contributed by atoms with Gasteiger partial charge in [-0.05, 0) is 37.1 Å². The third-order valence-corrected chi connectivity index (χ3v) is 4.71. The van der Waals surface area contributed by atoms with Crippen LogP contribution in [0.5, 0.6) is 0 Å². The van der Waals surface area contributed by atoms with Gasteiger partial charge in [-0.3, -0.25) is 4.79 Å². The molecule has 4 nitrogen and oxygen atoms in total. The second-order valence-corrected chi connectivity index (χ2v) is 7.40. The van der Waals surface area contributed by atoms with Crippen LogP contribution >= 0.6 is 15.9 Å². The van der Waals surface area contributed by atoms with E-state index in [4.69, 9.17) is 0 Å². The molecule has 0 spiro atoms. The number of hydrogen-bond acceptors (Lipinski definition) is 3. The molecular formula is C12H16BrNO3S. The van der Waals surface area contributed by atoms with Crippen LogP contribution in [0.15, 0.2) is 22.7 Å². The van der Waals surface area contributed by atoms with Crippen molar-refractivity contribution in [1.82, 2.24) is 0 Å². The first-order chi connectivity index (χ1) is 8.25. The fourth-order valence-corrected chi connectivity index (χ4v) is 2.26. The monoisotopic (exact) mass is 333 g/mol. The molecule has 0 aliphatic heterocycles. The lowest BCUT2D eigenvalue weighted by Crippen LogP contribution is -2.32. The molecule has 1 unspecified atom stereocenters. The van der Waals surface area contributed by atoms with Crippen molar-refractivity contribution >= 4 is 37.4 Å². The van der Waals surface area contributed by atoms with Crippen molar-refractivity contribution in [1.29, 1.82) is 0 Å². The SMILES string of the molecule is CCc1cc(Br)ccc1NC(=O)C(C)S(C)(=O)=O. The normalized spacial score (nSPS) is 13.1. The fraction of sp³-hybridized carbons (Fsp3) is 0.417. The Morgan fingerprint density at radius 3 is 2.56 bits per heavy atom. The molecule has 0 aromatic heterocycles. The zero-order valence-corrected chi connectivity index (χ0v) is 12.9. The highest BCUT2D eigenvalue weighted by molar-refractivity contribution is 9.10. The molecule has 1 aromatic carbocycles. The van der Waals surface area contributed by atoms with Crippen LogP contribution in [0.3, 0.4) is 0 Å².